The topological polar surface area (TPSA) is 61.4 Å². The van der Waals surface area contributed by atoms with E-state index in [4.69, 9.17) is 0 Å². The minimum atomic E-state index is -0.282. The lowest BCUT2D eigenvalue weighted by atomic mass is 10.0. The Morgan fingerprint density at radius 2 is 2.05 bits per heavy atom. The van der Waals surface area contributed by atoms with Crippen LogP contribution in [0.4, 0.5) is 5.69 Å². The molecule has 21 heavy (non-hydrogen) atoms. The molecule has 0 radical (unpaired) electrons. The number of piperazine rings is 1. The van der Waals surface area contributed by atoms with Crippen molar-refractivity contribution < 1.29 is 9.59 Å². The first-order valence-corrected chi connectivity index (χ1v) is 7.56. The van der Waals surface area contributed by atoms with Crippen molar-refractivity contribution in [3.8, 4) is 0 Å². The Hall–Kier alpha value is -1.88. The van der Waals surface area contributed by atoms with Crippen molar-refractivity contribution in [3.05, 3.63) is 29.8 Å². The number of anilines is 1. The molecule has 1 aromatic carbocycles. The largest absolute Gasteiger partial charge is 0.350 e. The first-order chi connectivity index (χ1) is 10.2. The molecule has 1 heterocycles. The third kappa shape index (κ3) is 3.61. The third-order valence-electron chi connectivity index (χ3n) is 3.69. The highest BCUT2D eigenvalue weighted by Crippen LogP contribution is 2.25. The average Bonchev–Trinajstić information content (AvgIpc) is 2.47. The number of carbonyl (C=O) groups is 2. The van der Waals surface area contributed by atoms with Crippen LogP contribution in [0.5, 0.6) is 0 Å². The van der Waals surface area contributed by atoms with Crippen LogP contribution in [0.1, 0.15) is 32.3 Å². The third-order valence-corrected chi connectivity index (χ3v) is 3.69. The molecule has 5 heteroatoms. The second-order valence-corrected chi connectivity index (χ2v) is 5.27. The van der Waals surface area contributed by atoms with E-state index < -0.39 is 0 Å². The summed E-state index contributed by atoms with van der Waals surface area (Å²) in [5.74, 6) is -0.439. The van der Waals surface area contributed by atoms with Crippen LogP contribution in [0.2, 0.25) is 0 Å². The summed E-state index contributed by atoms with van der Waals surface area (Å²) < 4.78 is 0. The summed E-state index contributed by atoms with van der Waals surface area (Å²) in [7, 11) is 0. The zero-order chi connectivity index (χ0) is 15.2. The van der Waals surface area contributed by atoms with E-state index >= 15 is 0 Å². The first kappa shape index (κ1) is 15.5. The van der Waals surface area contributed by atoms with Gasteiger partial charge in [-0.15, -0.1) is 0 Å². The zero-order valence-corrected chi connectivity index (χ0v) is 12.7. The molecule has 1 fully saturated rings. The number of imide groups is 1. The fraction of sp³-hybridized carbons (Fsp3) is 0.500. The summed E-state index contributed by atoms with van der Waals surface area (Å²) in [5, 5.41) is 5.79. The first-order valence-electron chi connectivity index (χ1n) is 7.56. The Balaban J connectivity index is 2.26. The van der Waals surface area contributed by atoms with Crippen molar-refractivity contribution in [2.24, 2.45) is 0 Å². The molecule has 2 N–H and O–H groups in total. The van der Waals surface area contributed by atoms with Crippen molar-refractivity contribution in [2.75, 3.05) is 18.0 Å². The molecule has 1 aromatic rings. The van der Waals surface area contributed by atoms with E-state index in [1.54, 1.807) is 0 Å². The molecule has 0 bridgehead atoms. The number of rotatable bonds is 6. The van der Waals surface area contributed by atoms with Crippen LogP contribution in [0.3, 0.4) is 0 Å². The molecular formula is C16H23N3O2. The fourth-order valence-electron chi connectivity index (χ4n) is 2.67. The molecule has 0 saturated carbocycles. The van der Waals surface area contributed by atoms with E-state index in [1.165, 1.54) is 0 Å². The number of hydrogen-bond acceptors (Lipinski definition) is 4. The molecule has 0 aromatic heterocycles. The van der Waals surface area contributed by atoms with Gasteiger partial charge in [0.05, 0.1) is 6.54 Å². The lowest BCUT2D eigenvalue weighted by molar-refractivity contribution is -0.132. The second-order valence-electron chi connectivity index (χ2n) is 5.27. The highest BCUT2D eigenvalue weighted by Gasteiger charge is 2.33. The fourth-order valence-corrected chi connectivity index (χ4v) is 2.67. The van der Waals surface area contributed by atoms with Crippen LogP contribution in [0.15, 0.2) is 24.3 Å². The van der Waals surface area contributed by atoms with Gasteiger partial charge in [0.25, 0.3) is 0 Å². The van der Waals surface area contributed by atoms with Gasteiger partial charge < -0.3 is 10.2 Å². The lowest BCUT2D eigenvalue weighted by Crippen LogP contribution is -2.58. The predicted octanol–water partition coefficient (Wildman–Crippen LogP) is 1.43. The summed E-state index contributed by atoms with van der Waals surface area (Å²) in [6.45, 7) is 6.01. The van der Waals surface area contributed by atoms with E-state index in [9.17, 15) is 9.59 Å². The number of benzene rings is 1. The molecule has 2 rings (SSSR count). The maximum absolute atomic E-state index is 12.0. The van der Waals surface area contributed by atoms with Crippen molar-refractivity contribution in [3.63, 3.8) is 0 Å². The molecule has 1 atom stereocenters. The smallest absolute Gasteiger partial charge is 0.249 e. The van der Waals surface area contributed by atoms with Crippen LogP contribution < -0.4 is 15.5 Å². The predicted molar refractivity (Wildman–Crippen MR) is 83.0 cm³/mol. The van der Waals surface area contributed by atoms with Gasteiger partial charge in [-0.25, -0.2) is 0 Å². The molecule has 0 spiro atoms. The Kier molecular flexibility index (Phi) is 5.33. The minimum Gasteiger partial charge on any atom is -0.350 e. The van der Waals surface area contributed by atoms with Gasteiger partial charge in [0.2, 0.25) is 11.8 Å². The van der Waals surface area contributed by atoms with Gasteiger partial charge >= 0.3 is 0 Å². The summed E-state index contributed by atoms with van der Waals surface area (Å²) in [6.07, 6.45) is 1.75. The molecular weight excluding hydrogens is 266 g/mol. The Bertz CT molecular complexity index is 516. The number of nitrogens with one attached hydrogen (secondary N) is 2. The van der Waals surface area contributed by atoms with Gasteiger partial charge in [0.15, 0.2) is 0 Å². The van der Waals surface area contributed by atoms with E-state index in [-0.39, 0.29) is 24.4 Å². The normalized spacial score (nSPS) is 18.8. The van der Waals surface area contributed by atoms with Crippen LogP contribution in [-0.2, 0) is 16.1 Å². The van der Waals surface area contributed by atoms with E-state index in [0.717, 1.165) is 30.8 Å². The number of nitrogens with zero attached hydrogens (tertiary/aromatic N) is 1. The maximum Gasteiger partial charge on any atom is 0.249 e. The van der Waals surface area contributed by atoms with Gasteiger partial charge in [0, 0.05) is 12.2 Å². The maximum atomic E-state index is 12.0. The SMILES string of the molecule is CCCNCc1ccccc1N1CC(=O)NC(=O)C1CC. The van der Waals surface area contributed by atoms with Crippen LogP contribution in [-0.4, -0.2) is 30.9 Å². The summed E-state index contributed by atoms with van der Waals surface area (Å²) in [5.41, 5.74) is 2.09. The Labute approximate surface area is 125 Å². The highest BCUT2D eigenvalue weighted by molar-refractivity contribution is 6.04. The minimum absolute atomic E-state index is 0.204. The highest BCUT2D eigenvalue weighted by atomic mass is 16.2. The van der Waals surface area contributed by atoms with Crippen LogP contribution in [0.25, 0.3) is 0 Å². The van der Waals surface area contributed by atoms with E-state index in [1.807, 2.05) is 36.1 Å². The molecule has 1 unspecified atom stereocenters. The van der Waals surface area contributed by atoms with Crippen molar-refractivity contribution >= 4 is 17.5 Å². The van der Waals surface area contributed by atoms with Crippen molar-refractivity contribution in [2.45, 2.75) is 39.3 Å². The van der Waals surface area contributed by atoms with Gasteiger partial charge in [-0.05, 0) is 31.0 Å². The van der Waals surface area contributed by atoms with E-state index in [0.29, 0.717) is 6.42 Å². The monoisotopic (exact) mass is 289 g/mol. The lowest BCUT2D eigenvalue weighted by Gasteiger charge is -2.36. The quantitative estimate of drug-likeness (QED) is 0.614. The number of carbonyl (C=O) groups excluding carboxylic acids is 2. The second kappa shape index (κ2) is 7.22. The number of hydrogen-bond donors (Lipinski definition) is 2. The van der Waals surface area contributed by atoms with Crippen LogP contribution in [0, 0.1) is 0 Å². The summed E-state index contributed by atoms with van der Waals surface area (Å²) in [4.78, 5) is 25.6. The van der Waals surface area contributed by atoms with Crippen molar-refractivity contribution in [1.29, 1.82) is 0 Å². The van der Waals surface area contributed by atoms with Crippen molar-refractivity contribution in [1.82, 2.24) is 10.6 Å². The molecule has 5 nitrogen and oxygen atoms in total. The number of para-hydroxylation sites is 1. The van der Waals surface area contributed by atoms with Gasteiger partial charge in [0.1, 0.15) is 6.04 Å². The molecule has 114 valence electrons. The summed E-state index contributed by atoms with van der Waals surface area (Å²) >= 11 is 0. The molecule has 1 saturated heterocycles. The standard InChI is InChI=1S/C16H23N3O2/c1-3-9-17-10-12-7-5-6-8-14(12)19-11-15(20)18-16(21)13(19)4-2/h5-8,13,17H,3-4,9-11H2,1-2H3,(H,18,20,21). The van der Waals surface area contributed by atoms with Gasteiger partial charge in [-0.3, -0.25) is 14.9 Å². The molecule has 1 aliphatic rings. The van der Waals surface area contributed by atoms with Gasteiger partial charge in [-0.1, -0.05) is 32.0 Å². The molecule has 2 amide bonds. The van der Waals surface area contributed by atoms with E-state index in [2.05, 4.69) is 17.6 Å². The number of amides is 2. The Morgan fingerprint density at radius 3 is 2.76 bits per heavy atom. The van der Waals surface area contributed by atoms with Gasteiger partial charge in [-0.2, -0.15) is 0 Å². The van der Waals surface area contributed by atoms with Crippen LogP contribution >= 0.6 is 0 Å². The summed E-state index contributed by atoms with van der Waals surface area (Å²) in [6, 6.07) is 7.68. The zero-order valence-electron chi connectivity index (χ0n) is 12.7. The average molecular weight is 289 g/mol. The molecule has 1 aliphatic heterocycles. The Morgan fingerprint density at radius 1 is 1.29 bits per heavy atom. The molecule has 0 aliphatic carbocycles.